The SMILES string of the molecule is Oc1ccc(Br)cc1.[Y]. The zero-order valence-corrected chi connectivity index (χ0v) is 9.14. The van der Waals surface area contributed by atoms with Crippen molar-refractivity contribution >= 4 is 15.9 Å². The molecule has 3 heteroatoms. The van der Waals surface area contributed by atoms with Crippen LogP contribution >= 0.6 is 15.9 Å². The van der Waals surface area contributed by atoms with Crippen LogP contribution in [-0.2, 0) is 32.7 Å². The van der Waals surface area contributed by atoms with Gasteiger partial charge in [0.15, 0.2) is 0 Å². The van der Waals surface area contributed by atoms with Crippen molar-refractivity contribution in [3.05, 3.63) is 28.7 Å². The molecule has 0 amide bonds. The van der Waals surface area contributed by atoms with Gasteiger partial charge in [0, 0.05) is 37.2 Å². The van der Waals surface area contributed by atoms with Crippen LogP contribution in [0, 0.1) is 0 Å². The van der Waals surface area contributed by atoms with Crippen molar-refractivity contribution in [2.24, 2.45) is 0 Å². The zero-order chi connectivity index (χ0) is 5.98. The minimum atomic E-state index is 0. The summed E-state index contributed by atoms with van der Waals surface area (Å²) >= 11 is 3.23. The molecule has 0 saturated heterocycles. The number of phenols is 1. The summed E-state index contributed by atoms with van der Waals surface area (Å²) in [5, 5.41) is 8.74. The number of hydrogen-bond acceptors (Lipinski definition) is 1. The fraction of sp³-hybridized carbons (Fsp3) is 0. The fourth-order valence-electron chi connectivity index (χ4n) is 0.441. The van der Waals surface area contributed by atoms with Crippen molar-refractivity contribution in [3.63, 3.8) is 0 Å². The quantitative estimate of drug-likeness (QED) is 0.759. The molecule has 0 fully saturated rings. The number of benzene rings is 1. The summed E-state index contributed by atoms with van der Waals surface area (Å²) in [6.45, 7) is 0. The first-order valence-corrected chi connectivity index (χ1v) is 3.03. The molecule has 1 aromatic rings. The van der Waals surface area contributed by atoms with Gasteiger partial charge in [0.2, 0.25) is 0 Å². The number of aromatic hydroxyl groups is 1. The largest absolute Gasteiger partial charge is 0.508 e. The van der Waals surface area contributed by atoms with Gasteiger partial charge in [-0.3, -0.25) is 0 Å². The minimum Gasteiger partial charge on any atom is -0.508 e. The molecule has 0 heterocycles. The fourth-order valence-corrected chi connectivity index (χ4v) is 0.705. The van der Waals surface area contributed by atoms with E-state index in [1.165, 1.54) is 0 Å². The van der Waals surface area contributed by atoms with E-state index in [4.69, 9.17) is 5.11 Å². The van der Waals surface area contributed by atoms with Crippen LogP contribution < -0.4 is 0 Å². The van der Waals surface area contributed by atoms with Crippen LogP contribution in [0.3, 0.4) is 0 Å². The predicted octanol–water partition coefficient (Wildman–Crippen LogP) is 2.15. The summed E-state index contributed by atoms with van der Waals surface area (Å²) in [6, 6.07) is 6.83. The van der Waals surface area contributed by atoms with Gasteiger partial charge < -0.3 is 5.11 Å². The average molecular weight is 262 g/mol. The molecule has 9 heavy (non-hydrogen) atoms. The van der Waals surface area contributed by atoms with Crippen molar-refractivity contribution in [2.75, 3.05) is 0 Å². The summed E-state index contributed by atoms with van der Waals surface area (Å²) in [5.41, 5.74) is 0. The maximum Gasteiger partial charge on any atom is 0.115 e. The zero-order valence-electron chi connectivity index (χ0n) is 4.71. The van der Waals surface area contributed by atoms with Gasteiger partial charge in [-0.1, -0.05) is 15.9 Å². The van der Waals surface area contributed by atoms with Gasteiger partial charge in [0.25, 0.3) is 0 Å². The molecule has 0 unspecified atom stereocenters. The van der Waals surface area contributed by atoms with E-state index in [1.54, 1.807) is 24.3 Å². The number of hydrogen-bond donors (Lipinski definition) is 1. The van der Waals surface area contributed by atoms with Crippen molar-refractivity contribution < 1.29 is 37.8 Å². The Labute approximate surface area is 87.5 Å². The molecular weight excluding hydrogens is 257 g/mol. The molecule has 0 atom stereocenters. The van der Waals surface area contributed by atoms with E-state index in [2.05, 4.69) is 15.9 Å². The van der Waals surface area contributed by atoms with E-state index in [-0.39, 0.29) is 32.7 Å². The van der Waals surface area contributed by atoms with Crippen LogP contribution in [0.2, 0.25) is 0 Å². The van der Waals surface area contributed by atoms with Crippen molar-refractivity contribution in [2.45, 2.75) is 0 Å². The molecule has 0 aliphatic rings. The summed E-state index contributed by atoms with van der Waals surface area (Å²) in [6.07, 6.45) is 0. The van der Waals surface area contributed by atoms with Gasteiger partial charge in [-0.25, -0.2) is 0 Å². The smallest absolute Gasteiger partial charge is 0.115 e. The third-order valence-corrected chi connectivity index (χ3v) is 1.36. The minimum absolute atomic E-state index is 0. The second kappa shape index (κ2) is 4.42. The van der Waals surface area contributed by atoms with Crippen LogP contribution in [0.1, 0.15) is 0 Å². The monoisotopic (exact) mass is 261 g/mol. The molecule has 0 spiro atoms. The Kier molecular flexibility index (Phi) is 4.72. The van der Waals surface area contributed by atoms with E-state index >= 15 is 0 Å². The Morgan fingerprint density at radius 1 is 1.11 bits per heavy atom. The number of rotatable bonds is 0. The molecule has 0 aromatic heterocycles. The summed E-state index contributed by atoms with van der Waals surface area (Å²) in [5.74, 6) is 0.299. The molecule has 1 N–H and O–H groups in total. The maximum absolute atomic E-state index is 8.74. The topological polar surface area (TPSA) is 20.2 Å². The van der Waals surface area contributed by atoms with Crippen molar-refractivity contribution in [1.29, 1.82) is 0 Å². The van der Waals surface area contributed by atoms with Gasteiger partial charge in [-0.2, -0.15) is 0 Å². The molecule has 1 aromatic carbocycles. The summed E-state index contributed by atoms with van der Waals surface area (Å²) < 4.78 is 0.982. The molecule has 1 radical (unpaired) electrons. The molecule has 0 bridgehead atoms. The third-order valence-electron chi connectivity index (χ3n) is 0.827. The Balaban J connectivity index is 0.000000640. The Hall–Kier alpha value is 0.604. The van der Waals surface area contributed by atoms with E-state index in [1.807, 2.05) is 0 Å². The van der Waals surface area contributed by atoms with Crippen molar-refractivity contribution in [3.8, 4) is 5.75 Å². The first-order valence-electron chi connectivity index (χ1n) is 2.23. The number of phenolic OH excluding ortho intramolecular Hbond substituents is 1. The molecule has 0 saturated carbocycles. The first-order chi connectivity index (χ1) is 3.79. The van der Waals surface area contributed by atoms with Gasteiger partial charge in [-0.15, -0.1) is 0 Å². The van der Waals surface area contributed by atoms with Gasteiger partial charge in [0.1, 0.15) is 5.75 Å². The van der Waals surface area contributed by atoms with Crippen LogP contribution in [0.25, 0.3) is 0 Å². The van der Waals surface area contributed by atoms with Gasteiger partial charge in [-0.05, 0) is 24.3 Å². The predicted molar refractivity (Wildman–Crippen MR) is 35.8 cm³/mol. The van der Waals surface area contributed by atoms with Crippen molar-refractivity contribution in [1.82, 2.24) is 0 Å². The van der Waals surface area contributed by atoms with E-state index in [0.717, 1.165) is 4.47 Å². The van der Waals surface area contributed by atoms with E-state index < -0.39 is 0 Å². The second-order valence-corrected chi connectivity index (χ2v) is 2.39. The molecule has 1 rings (SSSR count). The molecule has 1 nitrogen and oxygen atoms in total. The summed E-state index contributed by atoms with van der Waals surface area (Å²) in [7, 11) is 0. The molecule has 45 valence electrons. The molecule has 0 aliphatic heterocycles. The van der Waals surface area contributed by atoms with Crippen LogP contribution in [0.4, 0.5) is 0 Å². The Morgan fingerprint density at radius 2 is 1.56 bits per heavy atom. The average Bonchev–Trinajstić information content (AvgIpc) is 1.77. The normalized spacial score (nSPS) is 8.11. The molecule has 0 aliphatic carbocycles. The Bertz CT molecular complexity index is 152. The Morgan fingerprint density at radius 3 is 1.89 bits per heavy atom. The van der Waals surface area contributed by atoms with E-state index in [9.17, 15) is 0 Å². The maximum atomic E-state index is 8.74. The van der Waals surface area contributed by atoms with Crippen LogP contribution in [-0.4, -0.2) is 5.11 Å². The van der Waals surface area contributed by atoms with Crippen LogP contribution in [0.15, 0.2) is 28.7 Å². The first kappa shape index (κ1) is 9.60. The molecular formula is C6H5BrOY. The summed E-state index contributed by atoms with van der Waals surface area (Å²) in [4.78, 5) is 0. The second-order valence-electron chi connectivity index (χ2n) is 1.48. The van der Waals surface area contributed by atoms with Crippen LogP contribution in [0.5, 0.6) is 5.75 Å². The number of halogens is 1. The third kappa shape index (κ3) is 3.34. The van der Waals surface area contributed by atoms with Gasteiger partial charge in [0.05, 0.1) is 0 Å². The standard InChI is InChI=1S/C6H5BrO.Y/c7-5-1-3-6(8)4-2-5;/h1-4,8H;. The van der Waals surface area contributed by atoms with Gasteiger partial charge >= 0.3 is 0 Å². The van der Waals surface area contributed by atoms with E-state index in [0.29, 0.717) is 5.75 Å².